The highest BCUT2D eigenvalue weighted by Crippen LogP contribution is 2.03. The number of alkyl halides is 1. The number of carboxylic acids is 1. The van der Waals surface area contributed by atoms with E-state index in [1.807, 2.05) is 30.3 Å². The second-order valence-electron chi connectivity index (χ2n) is 3.93. The van der Waals surface area contributed by atoms with Gasteiger partial charge < -0.3 is 15.2 Å². The number of hydrogen-bond acceptors (Lipinski definition) is 3. The lowest BCUT2D eigenvalue weighted by atomic mass is 10.2. The van der Waals surface area contributed by atoms with Gasteiger partial charge >= 0.3 is 12.1 Å². The Bertz CT molecular complexity index is 410. The molecule has 5 nitrogen and oxygen atoms in total. The summed E-state index contributed by atoms with van der Waals surface area (Å²) in [5.41, 5.74) is 0.838. The van der Waals surface area contributed by atoms with Crippen molar-refractivity contribution in [1.82, 2.24) is 5.32 Å². The summed E-state index contributed by atoms with van der Waals surface area (Å²) in [6.07, 6.45) is 0.0438. The van der Waals surface area contributed by atoms with E-state index in [0.29, 0.717) is 12.3 Å². The van der Waals surface area contributed by atoms with E-state index >= 15 is 0 Å². The molecule has 0 saturated carbocycles. The molecule has 0 saturated heterocycles. The van der Waals surface area contributed by atoms with Gasteiger partial charge in [-0.15, -0.1) is 11.6 Å². The number of carbonyl (C=O) groups excluding carboxylic acids is 1. The van der Waals surface area contributed by atoms with Gasteiger partial charge in [0.25, 0.3) is 0 Å². The van der Waals surface area contributed by atoms with Crippen molar-refractivity contribution in [3.05, 3.63) is 35.9 Å². The standard InChI is InChI=1S/C13H16ClNO4/c14-8-4-7-11(12(16)17)15-13(18)19-9-10-5-2-1-3-6-10/h1-3,5-6,11H,4,7-9H2,(H,15,18)(H,16,17)/t11-/m0/s1. The molecule has 6 heteroatoms. The first kappa shape index (κ1) is 15.3. The number of nitrogens with one attached hydrogen (secondary N) is 1. The lowest BCUT2D eigenvalue weighted by Crippen LogP contribution is -2.41. The number of ether oxygens (including phenoxy) is 1. The van der Waals surface area contributed by atoms with E-state index in [-0.39, 0.29) is 13.0 Å². The minimum absolute atomic E-state index is 0.106. The average molecular weight is 286 g/mol. The molecule has 2 N–H and O–H groups in total. The van der Waals surface area contributed by atoms with Crippen LogP contribution in [0.4, 0.5) is 4.79 Å². The summed E-state index contributed by atoms with van der Waals surface area (Å²) >= 11 is 5.49. The first-order valence-corrected chi connectivity index (χ1v) is 6.43. The number of hydrogen-bond donors (Lipinski definition) is 2. The molecule has 0 aliphatic rings. The van der Waals surface area contributed by atoms with Gasteiger partial charge in [0.05, 0.1) is 0 Å². The van der Waals surface area contributed by atoms with Crippen molar-refractivity contribution < 1.29 is 19.4 Å². The molecular formula is C13H16ClNO4. The van der Waals surface area contributed by atoms with Crippen LogP contribution in [0.2, 0.25) is 0 Å². The van der Waals surface area contributed by atoms with Crippen molar-refractivity contribution >= 4 is 23.7 Å². The number of rotatable bonds is 7. The summed E-state index contributed by atoms with van der Waals surface area (Å²) < 4.78 is 4.94. The largest absolute Gasteiger partial charge is 0.480 e. The molecule has 0 spiro atoms. The first-order valence-electron chi connectivity index (χ1n) is 5.89. The quantitative estimate of drug-likeness (QED) is 0.754. The van der Waals surface area contributed by atoms with Crippen LogP contribution in [0.3, 0.4) is 0 Å². The summed E-state index contributed by atoms with van der Waals surface area (Å²) in [4.78, 5) is 22.4. The maximum Gasteiger partial charge on any atom is 0.408 e. The van der Waals surface area contributed by atoms with Gasteiger partial charge in [0.2, 0.25) is 0 Å². The molecule has 0 bridgehead atoms. The fourth-order valence-corrected chi connectivity index (χ4v) is 1.60. The summed E-state index contributed by atoms with van der Waals surface area (Å²) in [7, 11) is 0. The van der Waals surface area contributed by atoms with Gasteiger partial charge in [-0.2, -0.15) is 0 Å². The van der Waals surface area contributed by atoms with Gasteiger partial charge in [-0.05, 0) is 18.4 Å². The van der Waals surface area contributed by atoms with Crippen LogP contribution in [0.15, 0.2) is 30.3 Å². The second kappa shape index (κ2) is 8.37. The Hall–Kier alpha value is -1.75. The molecule has 1 amide bonds. The van der Waals surface area contributed by atoms with Crippen LogP contribution in [0.1, 0.15) is 18.4 Å². The van der Waals surface area contributed by atoms with Crippen LogP contribution in [-0.4, -0.2) is 29.1 Å². The second-order valence-corrected chi connectivity index (χ2v) is 4.31. The Morgan fingerprint density at radius 3 is 2.58 bits per heavy atom. The molecule has 0 aromatic heterocycles. The number of alkyl carbamates (subject to hydrolysis) is 1. The van der Waals surface area contributed by atoms with E-state index in [2.05, 4.69) is 5.32 Å². The molecule has 0 heterocycles. The topological polar surface area (TPSA) is 75.6 Å². The molecule has 1 aromatic rings. The third-order valence-electron chi connectivity index (χ3n) is 2.43. The number of benzene rings is 1. The van der Waals surface area contributed by atoms with Crippen LogP contribution in [0.25, 0.3) is 0 Å². The molecule has 1 rings (SSSR count). The number of carbonyl (C=O) groups is 2. The third-order valence-corrected chi connectivity index (χ3v) is 2.70. The Balaban J connectivity index is 2.38. The molecular weight excluding hydrogens is 270 g/mol. The van der Waals surface area contributed by atoms with Crippen LogP contribution in [0, 0.1) is 0 Å². The maximum absolute atomic E-state index is 11.5. The molecule has 1 atom stereocenters. The highest BCUT2D eigenvalue weighted by molar-refractivity contribution is 6.17. The van der Waals surface area contributed by atoms with Crippen molar-refractivity contribution in [2.75, 3.05) is 5.88 Å². The van der Waals surface area contributed by atoms with Gasteiger partial charge in [0.15, 0.2) is 0 Å². The van der Waals surface area contributed by atoms with Gasteiger partial charge in [0.1, 0.15) is 12.6 Å². The Kier molecular flexibility index (Phi) is 6.74. The SMILES string of the molecule is O=C(N[C@@H](CCCCl)C(=O)O)OCc1ccccc1. The number of amides is 1. The molecule has 0 aliphatic heterocycles. The maximum atomic E-state index is 11.5. The van der Waals surface area contributed by atoms with Crippen molar-refractivity contribution in [2.45, 2.75) is 25.5 Å². The van der Waals surface area contributed by atoms with Crippen LogP contribution < -0.4 is 5.32 Å². The van der Waals surface area contributed by atoms with E-state index in [9.17, 15) is 9.59 Å². The Morgan fingerprint density at radius 1 is 1.32 bits per heavy atom. The number of aliphatic carboxylic acids is 1. The van der Waals surface area contributed by atoms with E-state index in [1.54, 1.807) is 0 Å². The molecule has 0 radical (unpaired) electrons. The van der Waals surface area contributed by atoms with Gasteiger partial charge in [-0.25, -0.2) is 9.59 Å². The summed E-state index contributed by atoms with van der Waals surface area (Å²) in [6.45, 7) is 0.106. The highest BCUT2D eigenvalue weighted by atomic mass is 35.5. The lowest BCUT2D eigenvalue weighted by molar-refractivity contribution is -0.139. The fourth-order valence-electron chi connectivity index (χ4n) is 1.45. The van der Waals surface area contributed by atoms with Gasteiger partial charge in [-0.3, -0.25) is 0 Å². The Morgan fingerprint density at radius 2 is 2.00 bits per heavy atom. The molecule has 0 unspecified atom stereocenters. The Labute approximate surface area is 116 Å². The molecule has 0 aliphatic carbocycles. The molecule has 19 heavy (non-hydrogen) atoms. The zero-order chi connectivity index (χ0) is 14.1. The lowest BCUT2D eigenvalue weighted by Gasteiger charge is -2.13. The summed E-state index contributed by atoms with van der Waals surface area (Å²) in [5, 5.41) is 11.2. The van der Waals surface area contributed by atoms with Crippen molar-refractivity contribution in [3.63, 3.8) is 0 Å². The van der Waals surface area contributed by atoms with Crippen molar-refractivity contribution in [3.8, 4) is 0 Å². The van der Waals surface area contributed by atoms with E-state index in [1.165, 1.54) is 0 Å². The van der Waals surface area contributed by atoms with Crippen LogP contribution in [-0.2, 0) is 16.1 Å². The zero-order valence-electron chi connectivity index (χ0n) is 10.3. The molecule has 1 aromatic carbocycles. The monoisotopic (exact) mass is 285 g/mol. The van der Waals surface area contributed by atoms with Gasteiger partial charge in [-0.1, -0.05) is 30.3 Å². The predicted octanol–water partition coefficient (Wildman–Crippen LogP) is 2.39. The molecule has 0 fully saturated rings. The van der Waals surface area contributed by atoms with Gasteiger partial charge in [0, 0.05) is 5.88 Å². The smallest absolute Gasteiger partial charge is 0.408 e. The fraction of sp³-hybridized carbons (Fsp3) is 0.385. The number of carboxylic acid groups (broad SMARTS) is 1. The van der Waals surface area contributed by atoms with E-state index in [4.69, 9.17) is 21.4 Å². The third kappa shape index (κ3) is 6.10. The van der Waals surface area contributed by atoms with E-state index in [0.717, 1.165) is 5.56 Å². The number of halogens is 1. The summed E-state index contributed by atoms with van der Waals surface area (Å²) in [5.74, 6) is -0.744. The minimum Gasteiger partial charge on any atom is -0.480 e. The zero-order valence-corrected chi connectivity index (χ0v) is 11.1. The first-order chi connectivity index (χ1) is 9.13. The molecule has 104 valence electrons. The van der Waals surface area contributed by atoms with Crippen molar-refractivity contribution in [2.24, 2.45) is 0 Å². The van der Waals surface area contributed by atoms with Crippen LogP contribution in [0.5, 0.6) is 0 Å². The summed E-state index contributed by atoms with van der Waals surface area (Å²) in [6, 6.07) is 8.18. The van der Waals surface area contributed by atoms with Crippen molar-refractivity contribution in [1.29, 1.82) is 0 Å². The average Bonchev–Trinajstić information content (AvgIpc) is 2.42. The van der Waals surface area contributed by atoms with Crippen LogP contribution >= 0.6 is 11.6 Å². The highest BCUT2D eigenvalue weighted by Gasteiger charge is 2.19. The predicted molar refractivity (Wildman–Crippen MR) is 71.1 cm³/mol. The van der Waals surface area contributed by atoms with E-state index < -0.39 is 18.1 Å². The minimum atomic E-state index is -1.10. The normalized spacial score (nSPS) is 11.6.